The molecular weight excluding hydrogens is 418 g/mol. The third-order valence-corrected chi connectivity index (χ3v) is 5.48. The SMILES string of the molecule is CC1(c2ccco2)NC(=O)N(CC(=O)NC(c2ccccc2)c2ccc(Cl)cc2)C1=O. The number of imide groups is 1. The first kappa shape index (κ1) is 20.7. The number of rotatable bonds is 6. The fourth-order valence-electron chi connectivity index (χ4n) is 3.58. The predicted octanol–water partition coefficient (Wildman–Crippen LogP) is 3.61. The van der Waals surface area contributed by atoms with Crippen molar-refractivity contribution in [1.29, 1.82) is 0 Å². The van der Waals surface area contributed by atoms with E-state index >= 15 is 0 Å². The molecule has 31 heavy (non-hydrogen) atoms. The minimum absolute atomic E-state index is 0.303. The lowest BCUT2D eigenvalue weighted by Crippen LogP contribution is -2.43. The van der Waals surface area contributed by atoms with Gasteiger partial charge in [-0.15, -0.1) is 0 Å². The second-order valence-electron chi connectivity index (χ2n) is 7.39. The van der Waals surface area contributed by atoms with Crippen LogP contribution < -0.4 is 10.6 Å². The monoisotopic (exact) mass is 437 g/mol. The molecule has 4 amide bonds. The predicted molar refractivity (Wildman–Crippen MR) is 114 cm³/mol. The molecular formula is C23H20ClN3O4. The van der Waals surface area contributed by atoms with Crippen LogP contribution in [0.3, 0.4) is 0 Å². The van der Waals surface area contributed by atoms with Crippen molar-refractivity contribution in [2.45, 2.75) is 18.5 Å². The molecule has 2 aromatic carbocycles. The Morgan fingerprint density at radius 1 is 1.06 bits per heavy atom. The highest BCUT2D eigenvalue weighted by atomic mass is 35.5. The molecule has 0 saturated carbocycles. The second-order valence-corrected chi connectivity index (χ2v) is 7.82. The van der Waals surface area contributed by atoms with Crippen LogP contribution >= 0.6 is 11.6 Å². The number of hydrogen-bond acceptors (Lipinski definition) is 4. The summed E-state index contributed by atoms with van der Waals surface area (Å²) in [6, 6.07) is 18.6. The summed E-state index contributed by atoms with van der Waals surface area (Å²) in [6.07, 6.45) is 1.42. The zero-order valence-corrected chi connectivity index (χ0v) is 17.4. The van der Waals surface area contributed by atoms with Crippen LogP contribution in [0.2, 0.25) is 5.02 Å². The van der Waals surface area contributed by atoms with Crippen LogP contribution in [0.5, 0.6) is 0 Å². The number of carbonyl (C=O) groups is 3. The molecule has 1 aromatic heterocycles. The third kappa shape index (κ3) is 4.04. The first-order valence-corrected chi connectivity index (χ1v) is 10.0. The van der Waals surface area contributed by atoms with Crippen LogP contribution in [0.1, 0.15) is 29.9 Å². The fraction of sp³-hybridized carbons (Fsp3) is 0.174. The van der Waals surface area contributed by atoms with Crippen molar-refractivity contribution in [3.05, 3.63) is 94.9 Å². The Hall–Kier alpha value is -3.58. The number of furan rings is 1. The molecule has 7 nitrogen and oxygen atoms in total. The summed E-state index contributed by atoms with van der Waals surface area (Å²) in [5, 5.41) is 6.11. The van der Waals surface area contributed by atoms with Gasteiger partial charge in [-0.1, -0.05) is 54.1 Å². The van der Waals surface area contributed by atoms with Gasteiger partial charge in [-0.25, -0.2) is 4.79 Å². The summed E-state index contributed by atoms with van der Waals surface area (Å²) in [6.45, 7) is 1.13. The van der Waals surface area contributed by atoms with Crippen molar-refractivity contribution >= 4 is 29.4 Å². The van der Waals surface area contributed by atoms with E-state index in [0.717, 1.165) is 16.0 Å². The standard InChI is InChI=1S/C23H20ClN3O4/c1-23(18-8-5-13-31-18)21(29)27(22(30)26-23)14-19(28)25-20(15-6-3-2-4-7-15)16-9-11-17(24)12-10-16/h2-13,20H,14H2,1H3,(H,25,28)(H,26,30). The quantitative estimate of drug-likeness (QED) is 0.576. The number of amides is 4. The lowest BCUT2D eigenvalue weighted by molar-refractivity contribution is -0.135. The fourth-order valence-corrected chi connectivity index (χ4v) is 3.71. The first-order chi connectivity index (χ1) is 14.9. The molecule has 8 heteroatoms. The number of nitrogens with zero attached hydrogens (tertiary/aromatic N) is 1. The van der Waals surface area contributed by atoms with E-state index in [1.54, 1.807) is 31.2 Å². The van der Waals surface area contributed by atoms with Crippen LogP contribution in [0.15, 0.2) is 77.4 Å². The van der Waals surface area contributed by atoms with Gasteiger partial charge in [0.1, 0.15) is 12.3 Å². The van der Waals surface area contributed by atoms with E-state index in [0.29, 0.717) is 10.8 Å². The minimum Gasteiger partial charge on any atom is -0.466 e. The van der Waals surface area contributed by atoms with Gasteiger partial charge in [-0.2, -0.15) is 0 Å². The molecule has 3 aromatic rings. The van der Waals surface area contributed by atoms with Gasteiger partial charge in [0.2, 0.25) is 5.91 Å². The van der Waals surface area contributed by atoms with Crippen LogP contribution in [-0.2, 0) is 15.1 Å². The Morgan fingerprint density at radius 3 is 2.39 bits per heavy atom. The molecule has 0 aliphatic carbocycles. The summed E-state index contributed by atoms with van der Waals surface area (Å²) in [5.41, 5.74) is 0.327. The maximum Gasteiger partial charge on any atom is 0.325 e. The molecule has 0 radical (unpaired) electrons. The van der Waals surface area contributed by atoms with E-state index in [1.807, 2.05) is 42.5 Å². The van der Waals surface area contributed by atoms with Crippen molar-refractivity contribution in [2.24, 2.45) is 0 Å². The average Bonchev–Trinajstić information content (AvgIpc) is 3.38. The Bertz CT molecular complexity index is 1100. The summed E-state index contributed by atoms with van der Waals surface area (Å²) in [7, 11) is 0. The number of hydrogen-bond donors (Lipinski definition) is 2. The highest BCUT2D eigenvalue weighted by molar-refractivity contribution is 6.30. The topological polar surface area (TPSA) is 91.7 Å². The Labute approximate surface area is 184 Å². The van der Waals surface area contributed by atoms with Gasteiger partial charge in [-0.3, -0.25) is 14.5 Å². The Morgan fingerprint density at radius 2 is 1.74 bits per heavy atom. The van der Waals surface area contributed by atoms with Crippen molar-refractivity contribution in [3.63, 3.8) is 0 Å². The molecule has 1 aliphatic heterocycles. The maximum atomic E-state index is 12.9. The molecule has 0 spiro atoms. The van der Waals surface area contributed by atoms with E-state index in [1.165, 1.54) is 6.26 Å². The van der Waals surface area contributed by atoms with Crippen molar-refractivity contribution in [3.8, 4) is 0 Å². The van der Waals surface area contributed by atoms with Crippen molar-refractivity contribution in [2.75, 3.05) is 6.54 Å². The first-order valence-electron chi connectivity index (χ1n) is 9.66. The molecule has 1 aliphatic rings. The molecule has 4 rings (SSSR count). The molecule has 2 atom stereocenters. The lowest BCUT2D eigenvalue weighted by atomic mass is 9.98. The van der Waals surface area contributed by atoms with Gasteiger partial charge in [0.25, 0.3) is 5.91 Å². The summed E-state index contributed by atoms with van der Waals surface area (Å²) in [4.78, 5) is 39.1. The molecule has 1 saturated heterocycles. The average molecular weight is 438 g/mol. The molecule has 2 unspecified atom stereocenters. The zero-order chi connectivity index (χ0) is 22.0. The van der Waals surface area contributed by atoms with Crippen LogP contribution in [0, 0.1) is 0 Å². The van der Waals surface area contributed by atoms with Crippen LogP contribution in [0.25, 0.3) is 0 Å². The highest BCUT2D eigenvalue weighted by Crippen LogP contribution is 2.29. The lowest BCUT2D eigenvalue weighted by Gasteiger charge is -2.22. The maximum absolute atomic E-state index is 12.9. The normalized spacial score (nSPS) is 19.2. The van der Waals surface area contributed by atoms with Crippen molar-refractivity contribution < 1.29 is 18.8 Å². The number of nitrogens with one attached hydrogen (secondary N) is 2. The van der Waals surface area contributed by atoms with Gasteiger partial charge < -0.3 is 15.1 Å². The zero-order valence-electron chi connectivity index (χ0n) is 16.7. The molecule has 2 N–H and O–H groups in total. The van der Waals surface area contributed by atoms with Crippen molar-refractivity contribution in [1.82, 2.24) is 15.5 Å². The smallest absolute Gasteiger partial charge is 0.325 e. The highest BCUT2D eigenvalue weighted by Gasteiger charge is 2.51. The number of carbonyl (C=O) groups excluding carboxylic acids is 3. The van der Waals surface area contributed by atoms with Gasteiger partial charge in [0.05, 0.1) is 12.3 Å². The van der Waals surface area contributed by atoms with E-state index in [-0.39, 0.29) is 0 Å². The summed E-state index contributed by atoms with van der Waals surface area (Å²) < 4.78 is 5.31. The van der Waals surface area contributed by atoms with Gasteiger partial charge in [-0.05, 0) is 42.3 Å². The second kappa shape index (κ2) is 8.28. The van der Waals surface area contributed by atoms with Gasteiger partial charge in [0.15, 0.2) is 5.54 Å². The third-order valence-electron chi connectivity index (χ3n) is 5.23. The molecule has 158 valence electrons. The van der Waals surface area contributed by atoms with E-state index in [9.17, 15) is 14.4 Å². The van der Waals surface area contributed by atoms with E-state index in [2.05, 4.69) is 10.6 Å². The minimum atomic E-state index is -1.35. The number of halogens is 1. The number of urea groups is 1. The van der Waals surface area contributed by atoms with Crippen LogP contribution in [0.4, 0.5) is 4.79 Å². The van der Waals surface area contributed by atoms with Crippen LogP contribution in [-0.4, -0.2) is 29.3 Å². The van der Waals surface area contributed by atoms with E-state index < -0.39 is 36.0 Å². The molecule has 0 bridgehead atoms. The van der Waals surface area contributed by atoms with Gasteiger partial charge in [0, 0.05) is 5.02 Å². The van der Waals surface area contributed by atoms with E-state index in [4.69, 9.17) is 16.0 Å². The summed E-state index contributed by atoms with van der Waals surface area (Å²) >= 11 is 6.00. The Balaban J connectivity index is 1.54. The number of benzene rings is 2. The molecule has 2 heterocycles. The van der Waals surface area contributed by atoms with Gasteiger partial charge >= 0.3 is 6.03 Å². The summed E-state index contributed by atoms with van der Waals surface area (Å²) in [5.74, 6) is -0.724. The Kier molecular flexibility index (Phi) is 5.52. The molecule has 1 fully saturated rings. The largest absolute Gasteiger partial charge is 0.466 e.